The summed E-state index contributed by atoms with van der Waals surface area (Å²) in [5, 5.41) is 8.50. The van der Waals surface area contributed by atoms with E-state index in [-0.39, 0.29) is 0 Å². The van der Waals surface area contributed by atoms with Crippen LogP contribution in [0, 0.1) is 12.3 Å². The van der Waals surface area contributed by atoms with Gasteiger partial charge in [0.15, 0.2) is 6.10 Å². The van der Waals surface area contributed by atoms with Crippen LogP contribution >= 0.6 is 0 Å². The molecule has 0 aliphatic rings. The van der Waals surface area contributed by atoms with Gasteiger partial charge in [0.2, 0.25) is 0 Å². The first-order valence-corrected chi connectivity index (χ1v) is 3.50. The molecule has 3 heteroatoms. The summed E-state index contributed by atoms with van der Waals surface area (Å²) in [6.07, 6.45) is 5.18. The average molecular weight is 156 g/mol. The van der Waals surface area contributed by atoms with Crippen LogP contribution < -0.4 is 0 Å². The van der Waals surface area contributed by atoms with E-state index < -0.39 is 12.1 Å². The van der Waals surface area contributed by atoms with E-state index in [0.717, 1.165) is 0 Å². The molecule has 1 atom stereocenters. The monoisotopic (exact) mass is 156 g/mol. The van der Waals surface area contributed by atoms with Gasteiger partial charge in [0.25, 0.3) is 0 Å². The zero-order chi connectivity index (χ0) is 8.69. The first kappa shape index (κ1) is 9.99. The molecule has 1 N–H and O–H groups in total. The summed E-state index contributed by atoms with van der Waals surface area (Å²) >= 11 is 0. The lowest BCUT2D eigenvalue weighted by Gasteiger charge is -2.08. The Balaban J connectivity index is 3.54. The minimum absolute atomic E-state index is 0.321. The highest BCUT2D eigenvalue weighted by atomic mass is 16.5. The highest BCUT2D eigenvalue weighted by molar-refractivity contribution is 5.72. The van der Waals surface area contributed by atoms with E-state index in [4.69, 9.17) is 16.3 Å². The van der Waals surface area contributed by atoms with E-state index in [9.17, 15) is 4.79 Å². The molecule has 1 unspecified atom stereocenters. The van der Waals surface area contributed by atoms with Gasteiger partial charge in [-0.15, -0.1) is 12.3 Å². The van der Waals surface area contributed by atoms with Crippen LogP contribution in [0.4, 0.5) is 0 Å². The number of carboxylic acids is 1. The topological polar surface area (TPSA) is 46.5 Å². The first-order valence-electron chi connectivity index (χ1n) is 3.50. The summed E-state index contributed by atoms with van der Waals surface area (Å²) < 4.78 is 4.95. The molecule has 0 aromatic carbocycles. The zero-order valence-electron chi connectivity index (χ0n) is 6.54. The van der Waals surface area contributed by atoms with Gasteiger partial charge in [-0.3, -0.25) is 0 Å². The summed E-state index contributed by atoms with van der Waals surface area (Å²) in [4.78, 5) is 10.3. The van der Waals surface area contributed by atoms with Crippen LogP contribution in [0.2, 0.25) is 0 Å². The van der Waals surface area contributed by atoms with Crippen molar-refractivity contribution in [1.82, 2.24) is 0 Å². The van der Waals surface area contributed by atoms with Crippen molar-refractivity contribution in [3.63, 3.8) is 0 Å². The van der Waals surface area contributed by atoms with Gasteiger partial charge < -0.3 is 9.84 Å². The van der Waals surface area contributed by atoms with Crippen LogP contribution in [0.15, 0.2) is 0 Å². The Bertz CT molecular complexity index is 157. The van der Waals surface area contributed by atoms with Crippen LogP contribution in [0.1, 0.15) is 19.8 Å². The Kier molecular flexibility index (Phi) is 5.22. The maximum Gasteiger partial charge on any atom is 0.332 e. The van der Waals surface area contributed by atoms with Crippen molar-refractivity contribution < 1.29 is 14.6 Å². The van der Waals surface area contributed by atoms with E-state index in [1.165, 1.54) is 0 Å². The summed E-state index contributed by atoms with van der Waals surface area (Å²) in [5.41, 5.74) is 0. The third-order valence-electron chi connectivity index (χ3n) is 1.21. The van der Waals surface area contributed by atoms with Gasteiger partial charge >= 0.3 is 5.97 Å². The highest BCUT2D eigenvalue weighted by Crippen LogP contribution is 1.98. The maximum atomic E-state index is 10.3. The SMILES string of the molecule is C#CCCOC(CC)C(=O)O. The van der Waals surface area contributed by atoms with Crippen LogP contribution in [-0.2, 0) is 9.53 Å². The Morgan fingerprint density at radius 1 is 1.82 bits per heavy atom. The molecule has 0 saturated carbocycles. The second-order valence-electron chi connectivity index (χ2n) is 2.06. The van der Waals surface area contributed by atoms with Gasteiger partial charge in [0.1, 0.15) is 0 Å². The first-order chi connectivity index (χ1) is 5.22. The molecule has 0 aliphatic heterocycles. The molecule has 0 bridgehead atoms. The van der Waals surface area contributed by atoms with Crippen molar-refractivity contribution in [1.29, 1.82) is 0 Å². The van der Waals surface area contributed by atoms with E-state index in [2.05, 4.69) is 5.92 Å². The second kappa shape index (κ2) is 5.75. The van der Waals surface area contributed by atoms with Crippen molar-refractivity contribution in [2.24, 2.45) is 0 Å². The number of hydrogen-bond donors (Lipinski definition) is 1. The number of carbonyl (C=O) groups is 1. The molecule has 0 radical (unpaired) electrons. The third kappa shape index (κ3) is 4.40. The number of terminal acetylenes is 1. The molecule has 0 aromatic heterocycles. The minimum atomic E-state index is -0.926. The summed E-state index contributed by atoms with van der Waals surface area (Å²) in [6, 6.07) is 0. The quantitative estimate of drug-likeness (QED) is 0.475. The number of rotatable bonds is 5. The fourth-order valence-electron chi connectivity index (χ4n) is 0.624. The van der Waals surface area contributed by atoms with Crippen LogP contribution in [0.3, 0.4) is 0 Å². The van der Waals surface area contributed by atoms with Gasteiger partial charge in [-0.25, -0.2) is 4.79 Å². The smallest absolute Gasteiger partial charge is 0.332 e. The second-order valence-corrected chi connectivity index (χ2v) is 2.06. The number of carboxylic acid groups (broad SMARTS) is 1. The van der Waals surface area contributed by atoms with Crippen LogP contribution in [0.25, 0.3) is 0 Å². The van der Waals surface area contributed by atoms with E-state index in [1.54, 1.807) is 6.92 Å². The van der Waals surface area contributed by atoms with E-state index >= 15 is 0 Å². The molecule has 0 saturated heterocycles. The van der Waals surface area contributed by atoms with Crippen molar-refractivity contribution in [2.45, 2.75) is 25.9 Å². The lowest BCUT2D eigenvalue weighted by atomic mass is 10.3. The Morgan fingerprint density at radius 2 is 2.45 bits per heavy atom. The van der Waals surface area contributed by atoms with Crippen molar-refractivity contribution in [3.8, 4) is 12.3 Å². The van der Waals surface area contributed by atoms with Crippen molar-refractivity contribution in [3.05, 3.63) is 0 Å². The van der Waals surface area contributed by atoms with Gasteiger partial charge in [-0.1, -0.05) is 6.92 Å². The molecule has 0 fully saturated rings. The van der Waals surface area contributed by atoms with Gasteiger partial charge in [-0.2, -0.15) is 0 Å². The van der Waals surface area contributed by atoms with Gasteiger partial charge in [0.05, 0.1) is 6.61 Å². The summed E-state index contributed by atoms with van der Waals surface area (Å²) in [7, 11) is 0. The number of hydrogen-bond acceptors (Lipinski definition) is 2. The molecular formula is C8H12O3. The molecule has 0 heterocycles. The van der Waals surface area contributed by atoms with Crippen molar-refractivity contribution in [2.75, 3.05) is 6.61 Å². The number of aliphatic carboxylic acids is 1. The fourth-order valence-corrected chi connectivity index (χ4v) is 0.624. The Morgan fingerprint density at radius 3 is 2.82 bits per heavy atom. The molecule has 11 heavy (non-hydrogen) atoms. The molecule has 0 rings (SSSR count). The normalized spacial score (nSPS) is 12.0. The molecule has 0 aromatic rings. The summed E-state index contributed by atoms with van der Waals surface area (Å²) in [5.74, 6) is 1.44. The Hall–Kier alpha value is -1.01. The maximum absolute atomic E-state index is 10.3. The van der Waals surface area contributed by atoms with E-state index in [0.29, 0.717) is 19.4 Å². The van der Waals surface area contributed by atoms with E-state index in [1.807, 2.05) is 0 Å². The lowest BCUT2D eigenvalue weighted by Crippen LogP contribution is -2.23. The zero-order valence-corrected chi connectivity index (χ0v) is 6.54. The Labute approximate surface area is 66.4 Å². The largest absolute Gasteiger partial charge is 0.479 e. The van der Waals surface area contributed by atoms with Gasteiger partial charge in [-0.05, 0) is 6.42 Å². The lowest BCUT2D eigenvalue weighted by molar-refractivity contribution is -0.150. The summed E-state index contributed by atoms with van der Waals surface area (Å²) in [6.45, 7) is 2.08. The molecular weight excluding hydrogens is 144 g/mol. The molecule has 0 aliphatic carbocycles. The fraction of sp³-hybridized carbons (Fsp3) is 0.625. The predicted octanol–water partition coefficient (Wildman–Crippen LogP) is 0.889. The molecule has 0 amide bonds. The van der Waals surface area contributed by atoms with Crippen LogP contribution in [0.5, 0.6) is 0 Å². The molecule has 62 valence electrons. The third-order valence-corrected chi connectivity index (χ3v) is 1.21. The van der Waals surface area contributed by atoms with Crippen LogP contribution in [-0.4, -0.2) is 23.8 Å². The van der Waals surface area contributed by atoms with Gasteiger partial charge in [0, 0.05) is 6.42 Å². The average Bonchev–Trinajstić information content (AvgIpc) is 1.97. The molecule has 3 nitrogen and oxygen atoms in total. The highest BCUT2D eigenvalue weighted by Gasteiger charge is 2.13. The predicted molar refractivity (Wildman–Crippen MR) is 41.1 cm³/mol. The standard InChI is InChI=1S/C8H12O3/c1-3-5-6-11-7(4-2)8(9)10/h1,7H,4-6H2,2H3,(H,9,10). The number of ether oxygens (including phenoxy) is 1. The minimum Gasteiger partial charge on any atom is -0.479 e. The van der Waals surface area contributed by atoms with Crippen molar-refractivity contribution >= 4 is 5.97 Å². The molecule has 0 spiro atoms.